The van der Waals surface area contributed by atoms with Crippen LogP contribution in [-0.4, -0.2) is 57.0 Å². The summed E-state index contributed by atoms with van der Waals surface area (Å²) in [5.74, 6) is -2.15. The zero-order valence-electron chi connectivity index (χ0n) is 16.2. The van der Waals surface area contributed by atoms with Crippen LogP contribution in [0.15, 0.2) is 0 Å². The molecule has 1 heterocycles. The van der Waals surface area contributed by atoms with Crippen molar-refractivity contribution in [2.75, 3.05) is 13.2 Å². The van der Waals surface area contributed by atoms with E-state index in [1.54, 1.807) is 13.8 Å². The molecular formula is C18H26O9S. The summed E-state index contributed by atoms with van der Waals surface area (Å²) in [7, 11) is -3.58. The molecule has 2 bridgehead atoms. The summed E-state index contributed by atoms with van der Waals surface area (Å²) < 4.78 is 44.2. The monoisotopic (exact) mass is 418 g/mol. The highest BCUT2D eigenvalue weighted by Gasteiger charge is 2.65. The molecule has 0 amide bonds. The van der Waals surface area contributed by atoms with E-state index in [9.17, 15) is 22.8 Å². The number of rotatable bonds is 8. The zero-order valence-corrected chi connectivity index (χ0v) is 17.0. The number of carbonyl (C=O) groups excluding carboxylic acids is 3. The van der Waals surface area contributed by atoms with Crippen LogP contribution >= 0.6 is 0 Å². The normalized spacial score (nSPS) is 32.2. The molecule has 0 N–H and O–H groups in total. The van der Waals surface area contributed by atoms with E-state index in [0.717, 1.165) is 0 Å². The predicted octanol–water partition coefficient (Wildman–Crippen LogP) is 0.948. The minimum atomic E-state index is -3.58. The molecule has 3 rings (SSSR count). The van der Waals surface area contributed by atoms with Gasteiger partial charge in [-0.05, 0) is 33.1 Å². The van der Waals surface area contributed by atoms with Crippen molar-refractivity contribution >= 4 is 28.0 Å². The zero-order chi connectivity index (χ0) is 20.7. The van der Waals surface area contributed by atoms with Crippen molar-refractivity contribution in [1.82, 2.24) is 0 Å². The molecule has 1 aliphatic heterocycles. The van der Waals surface area contributed by atoms with Crippen molar-refractivity contribution in [3.63, 3.8) is 0 Å². The number of hydrogen-bond acceptors (Lipinski definition) is 9. The summed E-state index contributed by atoms with van der Waals surface area (Å²) in [6.07, 6.45) is -0.189. The lowest BCUT2D eigenvalue weighted by atomic mass is 9.91. The van der Waals surface area contributed by atoms with Gasteiger partial charge in [-0.15, -0.1) is 0 Å². The third-order valence-corrected chi connectivity index (χ3v) is 7.76. The Morgan fingerprint density at radius 3 is 2.43 bits per heavy atom. The van der Waals surface area contributed by atoms with Crippen LogP contribution in [0.4, 0.5) is 0 Å². The summed E-state index contributed by atoms with van der Waals surface area (Å²) in [5, 5.41) is -0.497. The average molecular weight is 418 g/mol. The molecule has 9 nitrogen and oxygen atoms in total. The van der Waals surface area contributed by atoms with Crippen molar-refractivity contribution in [2.45, 2.75) is 63.9 Å². The SMILES string of the molecule is CCC(C)(C)C(=O)OCCOC(=O)CC(=O)OC1C2CC3C1OS(=O)(=O)C3C2. The van der Waals surface area contributed by atoms with Crippen molar-refractivity contribution in [3.05, 3.63) is 0 Å². The van der Waals surface area contributed by atoms with E-state index in [1.807, 2.05) is 6.92 Å². The Labute approximate surface area is 164 Å². The molecule has 10 heteroatoms. The lowest BCUT2D eigenvalue weighted by molar-refractivity contribution is -0.165. The summed E-state index contributed by atoms with van der Waals surface area (Å²) in [4.78, 5) is 35.6. The number of esters is 3. The van der Waals surface area contributed by atoms with Gasteiger partial charge in [-0.25, -0.2) is 0 Å². The molecule has 1 saturated heterocycles. The summed E-state index contributed by atoms with van der Waals surface area (Å²) in [6.45, 7) is 5.14. The summed E-state index contributed by atoms with van der Waals surface area (Å²) in [6, 6.07) is 0. The first-order valence-corrected chi connectivity index (χ1v) is 11.0. The maximum atomic E-state index is 12.0. The van der Waals surface area contributed by atoms with Gasteiger partial charge in [0.2, 0.25) is 0 Å². The maximum Gasteiger partial charge on any atom is 0.317 e. The molecule has 0 aromatic carbocycles. The van der Waals surface area contributed by atoms with Gasteiger partial charge in [0.05, 0.1) is 10.7 Å². The van der Waals surface area contributed by atoms with Crippen LogP contribution in [0.5, 0.6) is 0 Å². The van der Waals surface area contributed by atoms with Gasteiger partial charge in [-0.1, -0.05) is 6.92 Å². The van der Waals surface area contributed by atoms with E-state index in [2.05, 4.69) is 0 Å². The molecule has 0 spiro atoms. The Morgan fingerprint density at radius 1 is 1.07 bits per heavy atom. The molecule has 2 aliphatic carbocycles. The fourth-order valence-corrected chi connectivity index (χ4v) is 5.92. The lowest BCUT2D eigenvalue weighted by Gasteiger charge is -2.24. The van der Waals surface area contributed by atoms with Gasteiger partial charge < -0.3 is 14.2 Å². The van der Waals surface area contributed by atoms with E-state index in [-0.39, 0.29) is 31.0 Å². The van der Waals surface area contributed by atoms with Crippen LogP contribution in [0.3, 0.4) is 0 Å². The van der Waals surface area contributed by atoms with Gasteiger partial charge in [0.25, 0.3) is 10.1 Å². The molecule has 5 unspecified atom stereocenters. The Balaban J connectivity index is 1.38. The van der Waals surface area contributed by atoms with Crippen LogP contribution in [0.1, 0.15) is 46.5 Å². The van der Waals surface area contributed by atoms with Crippen molar-refractivity contribution in [1.29, 1.82) is 0 Å². The number of fused-ring (bicyclic) bond motifs is 1. The van der Waals surface area contributed by atoms with Crippen LogP contribution in [0.2, 0.25) is 0 Å². The van der Waals surface area contributed by atoms with Crippen LogP contribution in [-0.2, 0) is 42.9 Å². The first-order valence-electron chi connectivity index (χ1n) is 9.49. The highest BCUT2D eigenvalue weighted by Crippen LogP contribution is 2.55. The molecule has 158 valence electrons. The first-order chi connectivity index (χ1) is 13.0. The maximum absolute atomic E-state index is 12.0. The van der Waals surface area contributed by atoms with Gasteiger partial charge in [0.15, 0.2) is 0 Å². The third-order valence-electron chi connectivity index (χ3n) is 5.99. The van der Waals surface area contributed by atoms with Crippen molar-refractivity contribution < 1.29 is 41.2 Å². The second-order valence-corrected chi connectivity index (χ2v) is 10.00. The summed E-state index contributed by atoms with van der Waals surface area (Å²) >= 11 is 0. The number of carbonyl (C=O) groups is 3. The molecule has 28 heavy (non-hydrogen) atoms. The van der Waals surface area contributed by atoms with E-state index in [0.29, 0.717) is 19.3 Å². The highest BCUT2D eigenvalue weighted by molar-refractivity contribution is 7.87. The Morgan fingerprint density at radius 2 is 1.75 bits per heavy atom. The molecule has 0 aromatic heterocycles. The third kappa shape index (κ3) is 4.03. The Bertz CT molecular complexity index is 757. The van der Waals surface area contributed by atoms with E-state index < -0.39 is 51.4 Å². The standard InChI is InChI=1S/C18H26O9S/c1-4-18(2,3)17(21)25-6-5-24-13(19)9-14(20)26-15-10-7-11-12(8-10)28(22,23)27-16(11)15/h10-12,15-16H,4-9H2,1-3H3. The fraction of sp³-hybridized carbons (Fsp3) is 0.833. The van der Waals surface area contributed by atoms with Crippen LogP contribution < -0.4 is 0 Å². The van der Waals surface area contributed by atoms with Gasteiger partial charge in [-0.2, -0.15) is 8.42 Å². The minimum Gasteiger partial charge on any atom is -0.462 e. The smallest absolute Gasteiger partial charge is 0.317 e. The van der Waals surface area contributed by atoms with Gasteiger partial charge in [-0.3, -0.25) is 18.6 Å². The topological polar surface area (TPSA) is 122 Å². The second-order valence-electron chi connectivity index (χ2n) is 8.21. The Kier molecular flexibility index (Phi) is 5.73. The fourth-order valence-electron chi connectivity index (χ4n) is 4.04. The minimum absolute atomic E-state index is 0.0569. The number of hydrogen-bond donors (Lipinski definition) is 0. The highest BCUT2D eigenvalue weighted by atomic mass is 32.2. The lowest BCUT2D eigenvalue weighted by Crippen LogP contribution is -2.37. The van der Waals surface area contributed by atoms with Gasteiger partial charge >= 0.3 is 17.9 Å². The quantitative estimate of drug-likeness (QED) is 0.186. The molecule has 3 fully saturated rings. The molecule has 0 aromatic rings. The number of ether oxygens (including phenoxy) is 3. The predicted molar refractivity (Wildman–Crippen MR) is 94.3 cm³/mol. The molecule has 5 atom stereocenters. The van der Waals surface area contributed by atoms with Crippen LogP contribution in [0.25, 0.3) is 0 Å². The van der Waals surface area contributed by atoms with Gasteiger partial charge in [0, 0.05) is 11.8 Å². The van der Waals surface area contributed by atoms with Crippen molar-refractivity contribution in [3.8, 4) is 0 Å². The molecular weight excluding hydrogens is 392 g/mol. The Hall–Kier alpha value is -1.68. The largest absolute Gasteiger partial charge is 0.462 e. The second kappa shape index (κ2) is 7.62. The van der Waals surface area contributed by atoms with E-state index >= 15 is 0 Å². The first kappa shape index (κ1) is 21.0. The molecule has 0 radical (unpaired) electrons. The van der Waals surface area contributed by atoms with Crippen LogP contribution in [0, 0.1) is 17.3 Å². The summed E-state index contributed by atoms with van der Waals surface area (Å²) in [5.41, 5.74) is -0.608. The molecule has 2 saturated carbocycles. The van der Waals surface area contributed by atoms with Crippen molar-refractivity contribution in [2.24, 2.45) is 17.3 Å². The molecule has 3 aliphatic rings. The van der Waals surface area contributed by atoms with E-state index in [4.69, 9.17) is 18.4 Å². The van der Waals surface area contributed by atoms with E-state index in [1.165, 1.54) is 0 Å². The van der Waals surface area contributed by atoms with Gasteiger partial charge in [0.1, 0.15) is 31.8 Å². The average Bonchev–Trinajstić information content (AvgIpc) is 3.22.